The summed E-state index contributed by atoms with van der Waals surface area (Å²) < 4.78 is 41.3. The van der Waals surface area contributed by atoms with Gasteiger partial charge in [-0.15, -0.1) is 0 Å². The zero-order valence-electron chi connectivity index (χ0n) is 25.3. The molecule has 0 aromatic heterocycles. The molecular formula is C31H49ClO7. The second-order valence-electron chi connectivity index (χ2n) is 12.9. The first-order valence-corrected chi connectivity index (χ1v) is 15.4. The maximum Gasteiger partial charge on any atom is 0.163 e. The predicted octanol–water partition coefficient (Wildman–Crippen LogP) is 6.27. The summed E-state index contributed by atoms with van der Waals surface area (Å²) in [7, 11) is 0. The Morgan fingerprint density at radius 1 is 0.744 bits per heavy atom. The van der Waals surface area contributed by atoms with Crippen LogP contribution < -0.4 is 0 Å². The fourth-order valence-electron chi connectivity index (χ4n) is 8.44. The molecule has 2 aliphatic carbocycles. The summed E-state index contributed by atoms with van der Waals surface area (Å²) in [5.74, 6) is -0.986. The van der Waals surface area contributed by atoms with Gasteiger partial charge in [0.15, 0.2) is 11.6 Å². The molecule has 39 heavy (non-hydrogen) atoms. The molecule has 0 unspecified atom stereocenters. The van der Waals surface area contributed by atoms with Crippen LogP contribution in [0.1, 0.15) is 88.0 Å². The highest BCUT2D eigenvalue weighted by atomic mass is 35.5. The molecule has 0 spiro atoms. The van der Waals surface area contributed by atoms with Crippen LogP contribution in [0.15, 0.2) is 22.8 Å². The quantitative estimate of drug-likeness (QED) is 0.364. The average Bonchev–Trinajstić information content (AvgIpc) is 3.71. The van der Waals surface area contributed by atoms with Gasteiger partial charge in [-0.2, -0.15) is 0 Å². The Morgan fingerprint density at radius 3 is 1.54 bits per heavy atom. The second kappa shape index (κ2) is 10.6. The zero-order chi connectivity index (χ0) is 28.4. The van der Waals surface area contributed by atoms with E-state index in [0.717, 1.165) is 31.6 Å². The monoisotopic (exact) mass is 568 g/mol. The van der Waals surface area contributed by atoms with E-state index in [2.05, 4.69) is 40.7 Å². The molecule has 0 radical (unpaired) electrons. The lowest BCUT2D eigenvalue weighted by molar-refractivity contribution is -0.158. The maximum atomic E-state index is 6.16. The Labute approximate surface area is 239 Å². The maximum absolute atomic E-state index is 6.16. The van der Waals surface area contributed by atoms with Crippen molar-refractivity contribution < 1.29 is 33.2 Å². The summed E-state index contributed by atoms with van der Waals surface area (Å²) in [5, 5.41) is 0. The van der Waals surface area contributed by atoms with E-state index < -0.39 is 11.6 Å². The molecule has 0 N–H and O–H groups in total. The van der Waals surface area contributed by atoms with Gasteiger partial charge in [0.05, 0.1) is 12.2 Å². The normalized spacial score (nSPS) is 49.6. The van der Waals surface area contributed by atoms with Crippen molar-refractivity contribution in [3.8, 4) is 0 Å². The van der Waals surface area contributed by atoms with Crippen LogP contribution in [0.3, 0.4) is 0 Å². The van der Waals surface area contributed by atoms with Crippen molar-refractivity contribution in [3.63, 3.8) is 0 Å². The Morgan fingerprint density at radius 2 is 1.18 bits per heavy atom. The van der Waals surface area contributed by atoms with Gasteiger partial charge >= 0.3 is 0 Å². The number of ether oxygens (including phenoxy) is 7. The van der Waals surface area contributed by atoms with Crippen LogP contribution in [0.25, 0.3) is 0 Å². The Bertz CT molecular complexity index is 894. The van der Waals surface area contributed by atoms with Gasteiger partial charge in [-0.1, -0.05) is 31.5 Å². The molecule has 0 aromatic rings. The summed E-state index contributed by atoms with van der Waals surface area (Å²) >= 11 is 6.00. The SMILES string of the molecule is C/C=C1/[C@@H]2O[C@H](C)[C@@]1(CC)[C@H]1OC(C)(C)O[C@@H]21.C1CCOC1.CC[C@]12/C(=C\Cl)[C@H](O[C@@H]1C)[C@@H]1OC(C)(C)O[C@@H]12. The molecule has 7 rings (SSSR count). The van der Waals surface area contributed by atoms with Gasteiger partial charge in [-0.3, -0.25) is 0 Å². The largest absolute Gasteiger partial charge is 0.381 e. The lowest BCUT2D eigenvalue weighted by Gasteiger charge is -2.37. The predicted molar refractivity (Wildman–Crippen MR) is 150 cm³/mol. The first-order valence-electron chi connectivity index (χ1n) is 15.0. The third-order valence-corrected chi connectivity index (χ3v) is 10.4. The van der Waals surface area contributed by atoms with Crippen LogP contribution in [-0.2, 0) is 33.2 Å². The van der Waals surface area contributed by atoms with E-state index >= 15 is 0 Å². The Kier molecular flexibility index (Phi) is 8.18. The molecule has 5 saturated heterocycles. The van der Waals surface area contributed by atoms with E-state index in [1.807, 2.05) is 27.7 Å². The summed E-state index contributed by atoms with van der Waals surface area (Å²) in [5.41, 5.74) is 4.14. The van der Waals surface area contributed by atoms with Crippen LogP contribution in [0.2, 0.25) is 0 Å². The second-order valence-corrected chi connectivity index (χ2v) is 13.1. The van der Waals surface area contributed by atoms with E-state index in [-0.39, 0.29) is 59.7 Å². The lowest BCUT2D eigenvalue weighted by atomic mass is 9.74. The molecule has 0 aromatic carbocycles. The van der Waals surface area contributed by atoms with E-state index in [1.165, 1.54) is 18.4 Å². The lowest BCUT2D eigenvalue weighted by Crippen LogP contribution is -2.47. The van der Waals surface area contributed by atoms with E-state index in [4.69, 9.17) is 44.8 Å². The van der Waals surface area contributed by atoms with Crippen LogP contribution in [-0.4, -0.2) is 73.6 Å². The molecule has 7 nitrogen and oxygen atoms in total. The fourth-order valence-corrected chi connectivity index (χ4v) is 8.77. The Balaban J connectivity index is 0.000000134. The topological polar surface area (TPSA) is 64.6 Å². The third kappa shape index (κ3) is 4.50. The minimum absolute atomic E-state index is 0.00819. The van der Waals surface area contributed by atoms with Gasteiger partial charge in [-0.05, 0) is 85.3 Å². The van der Waals surface area contributed by atoms with Crippen molar-refractivity contribution in [2.45, 2.75) is 148 Å². The van der Waals surface area contributed by atoms with E-state index in [9.17, 15) is 0 Å². The standard InChI is InChI=1S/C14H22O3.C13H19ClO3.C4H8O/c1-6-9-10-11-12(17-13(4,5)16-11)14(9,7-2)8(3)15-10;1-5-13-7(2)15-9(8(13)6-14)10-11(13)17-12(3,4)16-10;1-2-4-5-3-1/h6,8,10-12H,7H2,1-5H3;6-7,9-11H,5H2,1-4H3;1-4H2/b9-6-;8-6-;/t8-,10+,11+,12+,14-;7-,9+,10+,11+,13-;/m11./s1. The first-order chi connectivity index (χ1) is 18.4. The van der Waals surface area contributed by atoms with Crippen molar-refractivity contribution in [2.24, 2.45) is 10.8 Å². The molecule has 5 heterocycles. The number of allylic oxidation sites excluding steroid dienone is 1. The summed E-state index contributed by atoms with van der Waals surface area (Å²) in [4.78, 5) is 0. The molecule has 8 heteroatoms. The summed E-state index contributed by atoms with van der Waals surface area (Å²) in [6, 6.07) is 0. The molecule has 10 atom stereocenters. The number of halogens is 1. The van der Waals surface area contributed by atoms with Crippen molar-refractivity contribution in [3.05, 3.63) is 22.8 Å². The van der Waals surface area contributed by atoms with E-state index in [0.29, 0.717) is 0 Å². The minimum Gasteiger partial charge on any atom is -0.381 e. The van der Waals surface area contributed by atoms with Gasteiger partial charge in [0.1, 0.15) is 36.6 Å². The molecule has 7 aliphatic rings. The van der Waals surface area contributed by atoms with Gasteiger partial charge in [0.2, 0.25) is 0 Å². The highest BCUT2D eigenvalue weighted by Gasteiger charge is 2.71. The number of hydrogen-bond acceptors (Lipinski definition) is 7. The van der Waals surface area contributed by atoms with Gasteiger partial charge in [0, 0.05) is 29.6 Å². The highest BCUT2D eigenvalue weighted by molar-refractivity contribution is 6.25. The van der Waals surface area contributed by atoms with Crippen molar-refractivity contribution >= 4 is 11.6 Å². The smallest absolute Gasteiger partial charge is 0.163 e. The van der Waals surface area contributed by atoms with E-state index in [1.54, 1.807) is 5.54 Å². The molecule has 0 amide bonds. The van der Waals surface area contributed by atoms with Crippen molar-refractivity contribution in [2.75, 3.05) is 13.2 Å². The van der Waals surface area contributed by atoms with Crippen LogP contribution in [0, 0.1) is 10.8 Å². The molecule has 4 bridgehead atoms. The van der Waals surface area contributed by atoms with Crippen LogP contribution in [0.4, 0.5) is 0 Å². The third-order valence-electron chi connectivity index (χ3n) is 10.1. The number of fused-ring (bicyclic) bond motifs is 10. The molecule has 222 valence electrons. The minimum atomic E-state index is -0.515. The van der Waals surface area contributed by atoms with Gasteiger partial charge in [0.25, 0.3) is 0 Å². The van der Waals surface area contributed by atoms with Crippen LogP contribution in [0.5, 0.6) is 0 Å². The summed E-state index contributed by atoms with van der Waals surface area (Å²) in [6.45, 7) is 20.7. The molecular weight excluding hydrogens is 520 g/mol. The van der Waals surface area contributed by atoms with Crippen molar-refractivity contribution in [1.29, 1.82) is 0 Å². The highest BCUT2D eigenvalue weighted by Crippen LogP contribution is 2.63. The average molecular weight is 569 g/mol. The van der Waals surface area contributed by atoms with Gasteiger partial charge in [-0.25, -0.2) is 0 Å². The molecule has 2 saturated carbocycles. The van der Waals surface area contributed by atoms with Gasteiger partial charge < -0.3 is 33.2 Å². The zero-order valence-corrected chi connectivity index (χ0v) is 26.0. The fraction of sp³-hybridized carbons (Fsp3) is 0.871. The van der Waals surface area contributed by atoms with Crippen LogP contribution >= 0.6 is 11.6 Å². The number of hydrogen-bond donors (Lipinski definition) is 0. The molecule has 5 aliphatic heterocycles. The molecule has 7 fully saturated rings. The first kappa shape index (κ1) is 30.0. The van der Waals surface area contributed by atoms with Crippen molar-refractivity contribution in [1.82, 2.24) is 0 Å². The Hall–Kier alpha value is -0.510. The number of rotatable bonds is 2. The summed E-state index contributed by atoms with van der Waals surface area (Å²) in [6.07, 6.45) is 7.49.